The molecule has 1 saturated carbocycles. The van der Waals surface area contributed by atoms with Crippen molar-refractivity contribution in [3.8, 4) is 11.5 Å². The van der Waals surface area contributed by atoms with Gasteiger partial charge in [-0.05, 0) is 32.8 Å². The summed E-state index contributed by atoms with van der Waals surface area (Å²) in [4.78, 5) is 14.9. The fraction of sp³-hybridized carbons (Fsp3) is 0.562. The van der Waals surface area contributed by atoms with Gasteiger partial charge in [0.1, 0.15) is 11.4 Å². The third-order valence-corrected chi connectivity index (χ3v) is 3.78. The predicted octanol–water partition coefficient (Wildman–Crippen LogP) is 3.73. The Kier molecular flexibility index (Phi) is 4.63. The first kappa shape index (κ1) is 15.5. The first-order chi connectivity index (χ1) is 10.0. The molecule has 1 fully saturated rings. The fourth-order valence-corrected chi connectivity index (χ4v) is 2.91. The highest BCUT2D eigenvalue weighted by Crippen LogP contribution is 2.48. The zero-order chi connectivity index (χ0) is 15.5. The van der Waals surface area contributed by atoms with E-state index < -0.39 is 11.4 Å². The molecule has 114 valence electrons. The molecule has 0 aliphatic heterocycles. The van der Waals surface area contributed by atoms with Gasteiger partial charge in [-0.3, -0.25) is 0 Å². The second-order valence-electron chi connectivity index (χ2n) is 5.59. The van der Waals surface area contributed by atoms with Crippen LogP contribution < -0.4 is 9.47 Å². The first-order valence-electron chi connectivity index (χ1n) is 7.16. The van der Waals surface area contributed by atoms with Crippen molar-refractivity contribution in [2.45, 2.75) is 51.2 Å². The molecule has 0 radical (unpaired) electrons. The van der Waals surface area contributed by atoms with E-state index in [-0.39, 0.29) is 6.10 Å². The molecule has 1 aromatic carbocycles. The summed E-state index contributed by atoms with van der Waals surface area (Å²) in [6.45, 7) is 3.77. The molecule has 2 rings (SSSR count). The van der Waals surface area contributed by atoms with Crippen molar-refractivity contribution in [2.24, 2.45) is 4.99 Å². The van der Waals surface area contributed by atoms with E-state index in [4.69, 9.17) is 9.47 Å². The fourth-order valence-electron chi connectivity index (χ4n) is 2.91. The maximum atomic E-state index is 13.9. The highest BCUT2D eigenvalue weighted by Gasteiger charge is 2.39. The minimum absolute atomic E-state index is 0.0956. The van der Waals surface area contributed by atoms with Crippen LogP contribution in [0.25, 0.3) is 0 Å². The summed E-state index contributed by atoms with van der Waals surface area (Å²) in [5.74, 6) is 0.367. The Hall–Kier alpha value is -1.87. The van der Waals surface area contributed by atoms with Gasteiger partial charge in [0.25, 0.3) is 0 Å². The average Bonchev–Trinajstić information content (AvgIpc) is 2.89. The van der Waals surface area contributed by atoms with Gasteiger partial charge in [-0.2, -0.15) is 4.99 Å². The summed E-state index contributed by atoms with van der Waals surface area (Å²) in [6.07, 6.45) is 4.79. The standard InChI is InChI=1S/C16H20FNO3/c1-11(2)21-15-13(8-12(17)9-14(15)20-3)16(18-10-19)6-4-5-7-16/h8-9,11H,4-7H2,1-3H3. The molecule has 0 bridgehead atoms. The molecule has 0 heterocycles. The topological polar surface area (TPSA) is 47.9 Å². The van der Waals surface area contributed by atoms with E-state index in [9.17, 15) is 9.18 Å². The molecule has 1 aliphatic carbocycles. The second-order valence-corrected chi connectivity index (χ2v) is 5.59. The molecule has 0 spiro atoms. The molecule has 21 heavy (non-hydrogen) atoms. The lowest BCUT2D eigenvalue weighted by Crippen LogP contribution is -2.22. The van der Waals surface area contributed by atoms with Crippen LogP contribution in [-0.4, -0.2) is 19.3 Å². The molecular formula is C16H20FNO3. The number of hydrogen-bond donors (Lipinski definition) is 0. The van der Waals surface area contributed by atoms with Crippen LogP contribution in [0.4, 0.5) is 4.39 Å². The van der Waals surface area contributed by atoms with Gasteiger partial charge in [0.15, 0.2) is 11.5 Å². The van der Waals surface area contributed by atoms with Gasteiger partial charge < -0.3 is 9.47 Å². The largest absolute Gasteiger partial charge is 0.493 e. The number of benzene rings is 1. The van der Waals surface area contributed by atoms with Gasteiger partial charge in [-0.1, -0.05) is 12.8 Å². The van der Waals surface area contributed by atoms with Crippen molar-refractivity contribution in [3.63, 3.8) is 0 Å². The summed E-state index contributed by atoms with van der Waals surface area (Å²) in [7, 11) is 1.47. The van der Waals surface area contributed by atoms with Crippen LogP contribution in [-0.2, 0) is 10.3 Å². The summed E-state index contributed by atoms with van der Waals surface area (Å²) in [5, 5.41) is 0. The molecule has 0 aromatic heterocycles. The number of halogens is 1. The highest BCUT2D eigenvalue weighted by atomic mass is 19.1. The average molecular weight is 293 g/mol. The van der Waals surface area contributed by atoms with E-state index in [0.29, 0.717) is 29.9 Å². The lowest BCUT2D eigenvalue weighted by molar-refractivity contribution is 0.221. The second kappa shape index (κ2) is 6.27. The number of carbonyl (C=O) groups excluding carboxylic acids is 1. The van der Waals surface area contributed by atoms with Gasteiger partial charge in [0, 0.05) is 11.6 Å². The molecule has 1 aromatic rings. The van der Waals surface area contributed by atoms with E-state index >= 15 is 0 Å². The third kappa shape index (κ3) is 3.08. The van der Waals surface area contributed by atoms with Gasteiger partial charge in [-0.15, -0.1) is 0 Å². The summed E-state index contributed by atoms with van der Waals surface area (Å²) < 4.78 is 25.0. The number of methoxy groups -OCH3 is 1. The summed E-state index contributed by atoms with van der Waals surface area (Å²) in [6, 6.07) is 2.68. The molecule has 0 saturated heterocycles. The van der Waals surface area contributed by atoms with E-state index in [1.165, 1.54) is 19.2 Å². The highest BCUT2D eigenvalue weighted by molar-refractivity contribution is 5.52. The first-order valence-corrected chi connectivity index (χ1v) is 7.16. The Morgan fingerprint density at radius 2 is 2.00 bits per heavy atom. The monoisotopic (exact) mass is 293 g/mol. The number of nitrogens with zero attached hydrogens (tertiary/aromatic N) is 1. The van der Waals surface area contributed by atoms with Gasteiger partial charge in [-0.25, -0.2) is 9.18 Å². The van der Waals surface area contributed by atoms with Crippen LogP contribution in [0.5, 0.6) is 11.5 Å². The molecule has 5 heteroatoms. The number of rotatable bonds is 5. The van der Waals surface area contributed by atoms with Gasteiger partial charge >= 0.3 is 0 Å². The smallest absolute Gasteiger partial charge is 0.235 e. The zero-order valence-electron chi connectivity index (χ0n) is 12.6. The van der Waals surface area contributed by atoms with Crippen LogP contribution in [0.15, 0.2) is 17.1 Å². The van der Waals surface area contributed by atoms with Crippen LogP contribution in [0, 0.1) is 5.82 Å². The van der Waals surface area contributed by atoms with Crippen molar-refractivity contribution >= 4 is 6.08 Å². The van der Waals surface area contributed by atoms with E-state index in [2.05, 4.69) is 4.99 Å². The Labute approximate surface area is 124 Å². The predicted molar refractivity (Wildman–Crippen MR) is 77.0 cm³/mol. The molecule has 0 atom stereocenters. The zero-order valence-corrected chi connectivity index (χ0v) is 12.6. The lowest BCUT2D eigenvalue weighted by Gasteiger charge is -2.27. The van der Waals surface area contributed by atoms with Crippen LogP contribution in [0.1, 0.15) is 45.1 Å². The molecule has 0 amide bonds. The lowest BCUT2D eigenvalue weighted by atomic mass is 9.87. The van der Waals surface area contributed by atoms with Crippen molar-refractivity contribution in [2.75, 3.05) is 7.11 Å². The van der Waals surface area contributed by atoms with Crippen LogP contribution in [0.2, 0.25) is 0 Å². The number of hydrogen-bond acceptors (Lipinski definition) is 4. The third-order valence-electron chi connectivity index (χ3n) is 3.78. The van der Waals surface area contributed by atoms with Crippen molar-refractivity contribution in [3.05, 3.63) is 23.5 Å². The van der Waals surface area contributed by atoms with Gasteiger partial charge in [0.2, 0.25) is 6.08 Å². The maximum Gasteiger partial charge on any atom is 0.235 e. The van der Waals surface area contributed by atoms with Crippen LogP contribution in [0.3, 0.4) is 0 Å². The maximum absolute atomic E-state index is 13.9. The molecule has 4 nitrogen and oxygen atoms in total. The molecule has 1 aliphatic rings. The quantitative estimate of drug-likeness (QED) is 0.614. The van der Waals surface area contributed by atoms with Crippen molar-refractivity contribution < 1.29 is 18.7 Å². The van der Waals surface area contributed by atoms with E-state index in [0.717, 1.165) is 12.8 Å². The Morgan fingerprint density at radius 1 is 1.33 bits per heavy atom. The molecule has 0 N–H and O–H groups in total. The molecule has 0 unspecified atom stereocenters. The minimum atomic E-state index is -0.749. The van der Waals surface area contributed by atoms with E-state index in [1.54, 1.807) is 6.08 Å². The van der Waals surface area contributed by atoms with Gasteiger partial charge in [0.05, 0.1) is 13.2 Å². The van der Waals surface area contributed by atoms with Crippen molar-refractivity contribution in [1.29, 1.82) is 0 Å². The Morgan fingerprint density at radius 3 is 2.52 bits per heavy atom. The number of ether oxygens (including phenoxy) is 2. The van der Waals surface area contributed by atoms with E-state index in [1.807, 2.05) is 13.8 Å². The normalized spacial score (nSPS) is 16.6. The summed E-state index contributed by atoms with van der Waals surface area (Å²) in [5.41, 5.74) is -0.171. The Balaban J connectivity index is 2.64. The van der Waals surface area contributed by atoms with Crippen LogP contribution >= 0.6 is 0 Å². The SMILES string of the molecule is COc1cc(F)cc(C2(N=C=O)CCCC2)c1OC(C)C. The number of aliphatic imine (C=N–C) groups is 1. The summed E-state index contributed by atoms with van der Waals surface area (Å²) >= 11 is 0. The molecular weight excluding hydrogens is 273 g/mol. The Bertz CT molecular complexity index is 559. The number of isocyanates is 1. The van der Waals surface area contributed by atoms with Crippen molar-refractivity contribution in [1.82, 2.24) is 0 Å². The minimum Gasteiger partial charge on any atom is -0.493 e.